The third-order valence-corrected chi connectivity index (χ3v) is 3.12. The minimum atomic E-state index is 0.405. The van der Waals surface area contributed by atoms with Gasteiger partial charge in [0.15, 0.2) is 0 Å². The summed E-state index contributed by atoms with van der Waals surface area (Å²) < 4.78 is 5.10. The molecule has 18 heavy (non-hydrogen) atoms. The Bertz CT molecular complexity index is 366. The lowest BCUT2D eigenvalue weighted by atomic mass is 10.1. The molecule has 0 aliphatic carbocycles. The van der Waals surface area contributed by atoms with Crippen molar-refractivity contribution in [3.63, 3.8) is 0 Å². The van der Waals surface area contributed by atoms with Crippen LogP contribution in [0.2, 0.25) is 0 Å². The molecule has 0 radical (unpaired) electrons. The molecular weight excluding hydrogens is 224 g/mol. The summed E-state index contributed by atoms with van der Waals surface area (Å²) in [6, 6.07) is 7.00. The van der Waals surface area contributed by atoms with Crippen LogP contribution in [0, 0.1) is 13.8 Å². The Balaban J connectivity index is 2.43. The molecule has 3 nitrogen and oxygen atoms in total. The van der Waals surface area contributed by atoms with E-state index in [2.05, 4.69) is 56.2 Å². The van der Waals surface area contributed by atoms with Crippen LogP contribution in [0.4, 0.5) is 5.69 Å². The van der Waals surface area contributed by atoms with Crippen molar-refractivity contribution >= 4 is 5.69 Å². The van der Waals surface area contributed by atoms with E-state index in [1.165, 1.54) is 16.8 Å². The molecule has 0 heterocycles. The molecule has 0 saturated heterocycles. The minimum absolute atomic E-state index is 0.405. The highest BCUT2D eigenvalue weighted by molar-refractivity contribution is 5.53. The van der Waals surface area contributed by atoms with Gasteiger partial charge in [0.05, 0.1) is 6.61 Å². The number of likely N-dealkylation sites (N-methyl/N-ethyl adjacent to an activating group) is 1. The molecule has 1 aromatic carbocycles. The first-order valence-corrected chi connectivity index (χ1v) is 6.55. The van der Waals surface area contributed by atoms with E-state index in [9.17, 15) is 0 Å². The monoisotopic (exact) mass is 250 g/mol. The Morgan fingerprint density at radius 1 is 1.33 bits per heavy atom. The van der Waals surface area contributed by atoms with E-state index < -0.39 is 0 Å². The number of benzene rings is 1. The van der Waals surface area contributed by atoms with Crippen molar-refractivity contribution in [2.45, 2.75) is 26.8 Å². The maximum atomic E-state index is 5.10. The summed E-state index contributed by atoms with van der Waals surface area (Å²) in [6.07, 6.45) is 0. The Morgan fingerprint density at radius 2 is 2.06 bits per heavy atom. The van der Waals surface area contributed by atoms with Crippen molar-refractivity contribution in [2.75, 3.05) is 38.8 Å². The first-order valence-electron chi connectivity index (χ1n) is 6.55. The maximum Gasteiger partial charge on any atom is 0.0613 e. The molecule has 1 unspecified atom stereocenters. The summed E-state index contributed by atoms with van der Waals surface area (Å²) in [4.78, 5) is 2.29. The second-order valence-corrected chi connectivity index (χ2v) is 5.02. The van der Waals surface area contributed by atoms with Gasteiger partial charge in [0.2, 0.25) is 0 Å². The highest BCUT2D eigenvalue weighted by Gasteiger charge is 2.05. The molecule has 0 aliphatic rings. The minimum Gasteiger partial charge on any atom is -0.383 e. The van der Waals surface area contributed by atoms with E-state index >= 15 is 0 Å². The Hall–Kier alpha value is -1.06. The van der Waals surface area contributed by atoms with Crippen LogP contribution in [-0.2, 0) is 4.74 Å². The highest BCUT2D eigenvalue weighted by atomic mass is 16.5. The number of hydrogen-bond donors (Lipinski definition) is 1. The van der Waals surface area contributed by atoms with Gasteiger partial charge in [0.1, 0.15) is 0 Å². The first-order chi connectivity index (χ1) is 8.54. The van der Waals surface area contributed by atoms with Crippen molar-refractivity contribution in [2.24, 2.45) is 0 Å². The van der Waals surface area contributed by atoms with Crippen molar-refractivity contribution < 1.29 is 4.74 Å². The van der Waals surface area contributed by atoms with E-state index in [0.29, 0.717) is 6.04 Å². The number of hydrogen-bond acceptors (Lipinski definition) is 3. The first kappa shape index (κ1) is 15.0. The fourth-order valence-corrected chi connectivity index (χ4v) is 2.14. The van der Waals surface area contributed by atoms with E-state index in [4.69, 9.17) is 4.74 Å². The fraction of sp³-hybridized carbons (Fsp3) is 0.600. The lowest BCUT2D eigenvalue weighted by molar-refractivity contribution is 0.173. The third kappa shape index (κ3) is 4.67. The van der Waals surface area contributed by atoms with Gasteiger partial charge in [-0.2, -0.15) is 0 Å². The van der Waals surface area contributed by atoms with Gasteiger partial charge in [0, 0.05) is 39.0 Å². The van der Waals surface area contributed by atoms with E-state index in [1.807, 2.05) is 0 Å². The highest BCUT2D eigenvalue weighted by Crippen LogP contribution is 2.19. The van der Waals surface area contributed by atoms with Gasteiger partial charge >= 0.3 is 0 Å². The number of nitrogens with zero attached hydrogens (tertiary/aromatic N) is 1. The molecule has 0 saturated carbocycles. The molecule has 102 valence electrons. The summed E-state index contributed by atoms with van der Waals surface area (Å²) in [7, 11) is 3.88. The average Bonchev–Trinajstić information content (AvgIpc) is 2.29. The average molecular weight is 250 g/mol. The molecule has 3 heteroatoms. The molecular formula is C15H26N2O. The normalized spacial score (nSPS) is 12.5. The lowest BCUT2D eigenvalue weighted by Crippen LogP contribution is -2.36. The molecule has 1 atom stereocenters. The van der Waals surface area contributed by atoms with E-state index in [-0.39, 0.29) is 0 Å². The van der Waals surface area contributed by atoms with Crippen molar-refractivity contribution in [1.82, 2.24) is 5.32 Å². The van der Waals surface area contributed by atoms with Crippen LogP contribution in [0.25, 0.3) is 0 Å². The van der Waals surface area contributed by atoms with Crippen molar-refractivity contribution in [1.29, 1.82) is 0 Å². The van der Waals surface area contributed by atoms with E-state index in [0.717, 1.165) is 19.7 Å². The van der Waals surface area contributed by atoms with E-state index in [1.54, 1.807) is 7.11 Å². The zero-order valence-electron chi connectivity index (χ0n) is 12.3. The second kappa shape index (κ2) is 7.39. The van der Waals surface area contributed by atoms with Crippen LogP contribution in [0.3, 0.4) is 0 Å². The number of rotatable bonds is 7. The summed E-state index contributed by atoms with van der Waals surface area (Å²) in [5.41, 5.74) is 3.96. The summed E-state index contributed by atoms with van der Waals surface area (Å²) in [6.45, 7) is 9.16. The van der Waals surface area contributed by atoms with Gasteiger partial charge in [-0.15, -0.1) is 0 Å². The Kier molecular flexibility index (Phi) is 6.16. The predicted octanol–water partition coefficient (Wildman–Crippen LogP) is 2.36. The molecule has 1 N–H and O–H groups in total. The van der Waals surface area contributed by atoms with Crippen LogP contribution < -0.4 is 10.2 Å². The number of anilines is 1. The molecule has 0 amide bonds. The molecule has 0 aromatic heterocycles. The van der Waals surface area contributed by atoms with Gasteiger partial charge in [0.25, 0.3) is 0 Å². The number of methoxy groups -OCH3 is 1. The fourth-order valence-electron chi connectivity index (χ4n) is 2.14. The zero-order valence-corrected chi connectivity index (χ0v) is 12.3. The molecule has 0 aliphatic heterocycles. The molecule has 0 fully saturated rings. The number of aryl methyl sites for hydroxylation is 2. The quantitative estimate of drug-likeness (QED) is 0.804. The van der Waals surface area contributed by atoms with Crippen LogP contribution in [0.15, 0.2) is 18.2 Å². The van der Waals surface area contributed by atoms with Gasteiger partial charge in [-0.05, 0) is 32.4 Å². The zero-order chi connectivity index (χ0) is 13.5. The summed E-state index contributed by atoms with van der Waals surface area (Å²) in [5.74, 6) is 0. The number of ether oxygens (including phenoxy) is 1. The van der Waals surface area contributed by atoms with Gasteiger partial charge in [-0.1, -0.05) is 17.7 Å². The Morgan fingerprint density at radius 3 is 2.67 bits per heavy atom. The third-order valence-electron chi connectivity index (χ3n) is 3.12. The number of nitrogens with one attached hydrogen (secondary N) is 1. The SMILES string of the molecule is COCC(C)NCCN(C)c1ccc(C)cc1C. The second-order valence-electron chi connectivity index (χ2n) is 5.02. The summed E-state index contributed by atoms with van der Waals surface area (Å²) >= 11 is 0. The lowest BCUT2D eigenvalue weighted by Gasteiger charge is -2.23. The molecule has 0 bridgehead atoms. The van der Waals surface area contributed by atoms with Gasteiger partial charge < -0.3 is 15.0 Å². The van der Waals surface area contributed by atoms with Crippen molar-refractivity contribution in [3.05, 3.63) is 29.3 Å². The summed E-state index contributed by atoms with van der Waals surface area (Å²) in [5, 5.41) is 3.45. The van der Waals surface area contributed by atoms with Gasteiger partial charge in [-0.25, -0.2) is 0 Å². The van der Waals surface area contributed by atoms with Crippen LogP contribution in [0.1, 0.15) is 18.1 Å². The van der Waals surface area contributed by atoms with Crippen molar-refractivity contribution in [3.8, 4) is 0 Å². The van der Waals surface area contributed by atoms with Crippen LogP contribution in [-0.4, -0.2) is 39.9 Å². The topological polar surface area (TPSA) is 24.5 Å². The Labute approximate surface area is 111 Å². The molecule has 0 spiro atoms. The molecule has 1 rings (SSSR count). The largest absolute Gasteiger partial charge is 0.383 e. The predicted molar refractivity (Wildman–Crippen MR) is 78.5 cm³/mol. The molecule has 1 aromatic rings. The van der Waals surface area contributed by atoms with Crippen LogP contribution in [0.5, 0.6) is 0 Å². The standard InChI is InChI=1S/C15H26N2O/c1-12-6-7-15(13(2)10-12)17(4)9-8-16-14(3)11-18-5/h6-7,10,14,16H,8-9,11H2,1-5H3. The smallest absolute Gasteiger partial charge is 0.0613 e. The van der Waals surface area contributed by atoms with Gasteiger partial charge in [-0.3, -0.25) is 0 Å². The maximum absolute atomic E-state index is 5.10. The van der Waals surface area contributed by atoms with Crippen LogP contribution >= 0.6 is 0 Å².